The van der Waals surface area contributed by atoms with Crippen molar-refractivity contribution in [1.29, 1.82) is 0 Å². The van der Waals surface area contributed by atoms with Crippen LogP contribution in [0.4, 0.5) is 16.2 Å². The van der Waals surface area contributed by atoms with Crippen LogP contribution in [0.2, 0.25) is 5.02 Å². The lowest BCUT2D eigenvalue weighted by Gasteiger charge is -2.33. The minimum absolute atomic E-state index is 0.165. The van der Waals surface area contributed by atoms with Crippen LogP contribution in [-0.2, 0) is 16.2 Å². The number of carbonyl (C=O) groups excluding carboxylic acids is 3. The Hall–Kier alpha value is -4.68. The second kappa shape index (κ2) is 10.7. The molecule has 38 heavy (non-hydrogen) atoms. The lowest BCUT2D eigenvalue weighted by molar-refractivity contribution is -0.121. The average molecular weight is 523 g/mol. The van der Waals surface area contributed by atoms with E-state index in [1.165, 1.54) is 6.08 Å². The molecule has 1 heterocycles. The summed E-state index contributed by atoms with van der Waals surface area (Å²) in [7, 11) is 0. The number of rotatable bonds is 6. The molecule has 1 aliphatic heterocycles. The smallest absolute Gasteiger partial charge is 0.343 e. The number of urea groups is 1. The highest BCUT2D eigenvalue weighted by Crippen LogP contribution is 2.31. The molecule has 5 rings (SSSR count). The van der Waals surface area contributed by atoms with Gasteiger partial charge in [-0.3, -0.25) is 9.59 Å². The first kappa shape index (κ1) is 25.0. The van der Waals surface area contributed by atoms with Crippen molar-refractivity contribution in [2.45, 2.75) is 13.5 Å². The monoisotopic (exact) mass is 522 g/mol. The molecule has 0 unspecified atom stereocenters. The molecule has 1 saturated heterocycles. The van der Waals surface area contributed by atoms with Crippen molar-refractivity contribution in [3.05, 3.63) is 130 Å². The molecule has 188 valence electrons. The van der Waals surface area contributed by atoms with Crippen LogP contribution in [0.5, 0.6) is 5.75 Å². The van der Waals surface area contributed by atoms with Crippen LogP contribution in [-0.4, -0.2) is 17.8 Å². The third-order valence-electron chi connectivity index (χ3n) is 6.06. The van der Waals surface area contributed by atoms with Gasteiger partial charge in [0, 0.05) is 0 Å². The molecule has 0 aromatic heterocycles. The highest BCUT2D eigenvalue weighted by atomic mass is 35.5. The Morgan fingerprint density at radius 3 is 1.82 bits per heavy atom. The minimum Gasteiger partial charge on any atom is -0.487 e. The zero-order valence-corrected chi connectivity index (χ0v) is 21.3. The van der Waals surface area contributed by atoms with Gasteiger partial charge in [-0.15, -0.1) is 0 Å². The fraction of sp³-hybridized carbons (Fsp3) is 0.0645. The Morgan fingerprint density at radius 1 is 0.737 bits per heavy atom. The molecule has 4 aromatic rings. The van der Waals surface area contributed by atoms with E-state index in [1.807, 2.05) is 31.2 Å². The van der Waals surface area contributed by atoms with Crippen molar-refractivity contribution in [3.63, 3.8) is 0 Å². The lowest BCUT2D eigenvalue weighted by atomic mass is 10.0. The van der Waals surface area contributed by atoms with Crippen LogP contribution in [0, 0.1) is 6.92 Å². The Morgan fingerprint density at radius 2 is 1.29 bits per heavy atom. The SMILES string of the molecule is Cc1ccc(COc2ccc(C=C3C(=O)N(c4ccccc4)C(=O)N(c4ccccc4)C3=O)cc2Cl)cc1. The number of benzene rings is 4. The minimum atomic E-state index is -0.743. The van der Waals surface area contributed by atoms with Crippen LogP contribution in [0.1, 0.15) is 16.7 Å². The largest absolute Gasteiger partial charge is 0.487 e. The Balaban J connectivity index is 1.47. The summed E-state index contributed by atoms with van der Waals surface area (Å²) in [6, 6.07) is 29.3. The van der Waals surface area contributed by atoms with Gasteiger partial charge in [-0.2, -0.15) is 0 Å². The van der Waals surface area contributed by atoms with Crippen LogP contribution < -0.4 is 14.5 Å². The fourth-order valence-corrected chi connectivity index (χ4v) is 4.32. The van der Waals surface area contributed by atoms with Gasteiger partial charge in [0.05, 0.1) is 16.4 Å². The summed E-state index contributed by atoms with van der Waals surface area (Å²) >= 11 is 6.48. The zero-order valence-electron chi connectivity index (χ0n) is 20.5. The standard InChI is InChI=1S/C31H23ClN2O4/c1-21-12-14-22(15-13-21)20-38-28-17-16-23(19-27(28)32)18-26-29(35)33(24-8-4-2-5-9-24)31(37)34(30(26)36)25-10-6-3-7-11-25/h2-19H,20H2,1H3. The number of ether oxygens (including phenoxy) is 1. The van der Waals surface area contributed by atoms with E-state index in [0.717, 1.165) is 20.9 Å². The third-order valence-corrected chi connectivity index (χ3v) is 6.36. The van der Waals surface area contributed by atoms with Crippen molar-refractivity contribution < 1.29 is 19.1 Å². The molecular weight excluding hydrogens is 500 g/mol. The number of aryl methyl sites for hydroxylation is 1. The molecular formula is C31H23ClN2O4. The molecule has 4 aromatic carbocycles. The normalized spacial score (nSPS) is 13.6. The Bertz CT molecular complexity index is 1470. The van der Waals surface area contributed by atoms with E-state index in [0.29, 0.717) is 34.3 Å². The number of hydrogen-bond acceptors (Lipinski definition) is 4. The molecule has 0 bridgehead atoms. The number of amides is 4. The zero-order chi connectivity index (χ0) is 26.6. The summed E-state index contributed by atoms with van der Waals surface area (Å²) in [6.45, 7) is 2.36. The summed E-state index contributed by atoms with van der Waals surface area (Å²) < 4.78 is 5.87. The number of anilines is 2. The molecule has 4 amide bonds. The molecule has 1 aliphatic rings. The van der Waals surface area contributed by atoms with Crippen molar-refractivity contribution >= 4 is 46.9 Å². The molecule has 1 fully saturated rings. The van der Waals surface area contributed by atoms with E-state index in [-0.39, 0.29) is 5.57 Å². The van der Waals surface area contributed by atoms with Gasteiger partial charge in [-0.1, -0.05) is 83.9 Å². The van der Waals surface area contributed by atoms with E-state index < -0.39 is 17.8 Å². The quantitative estimate of drug-likeness (QED) is 0.206. The number of nitrogens with zero attached hydrogens (tertiary/aromatic N) is 2. The van der Waals surface area contributed by atoms with E-state index in [4.69, 9.17) is 16.3 Å². The highest BCUT2D eigenvalue weighted by Gasteiger charge is 2.43. The van der Waals surface area contributed by atoms with Gasteiger partial charge in [-0.25, -0.2) is 14.6 Å². The van der Waals surface area contributed by atoms with Gasteiger partial charge in [0.25, 0.3) is 11.8 Å². The Labute approximate surface area is 225 Å². The second-order valence-corrected chi connectivity index (χ2v) is 9.16. The van der Waals surface area contributed by atoms with E-state index >= 15 is 0 Å². The van der Waals surface area contributed by atoms with Crippen molar-refractivity contribution in [1.82, 2.24) is 0 Å². The highest BCUT2D eigenvalue weighted by molar-refractivity contribution is 6.46. The van der Waals surface area contributed by atoms with Crippen molar-refractivity contribution in [2.24, 2.45) is 0 Å². The van der Waals surface area contributed by atoms with Crippen molar-refractivity contribution in [2.75, 3.05) is 9.80 Å². The van der Waals surface area contributed by atoms with Crippen LogP contribution in [0.15, 0.2) is 109 Å². The van der Waals surface area contributed by atoms with Gasteiger partial charge in [0.1, 0.15) is 17.9 Å². The maximum absolute atomic E-state index is 13.5. The van der Waals surface area contributed by atoms with Gasteiger partial charge >= 0.3 is 6.03 Å². The summed E-state index contributed by atoms with van der Waals surface area (Å²) in [6.07, 6.45) is 1.44. The van der Waals surface area contributed by atoms with Gasteiger partial charge in [0.2, 0.25) is 0 Å². The van der Waals surface area contributed by atoms with E-state index in [9.17, 15) is 14.4 Å². The lowest BCUT2D eigenvalue weighted by Crippen LogP contribution is -2.57. The number of barbiturate groups is 1. The number of imide groups is 2. The number of carbonyl (C=O) groups is 3. The molecule has 6 nitrogen and oxygen atoms in total. The fourth-order valence-electron chi connectivity index (χ4n) is 4.08. The Kier molecular flexibility index (Phi) is 7.07. The van der Waals surface area contributed by atoms with Crippen LogP contribution in [0.3, 0.4) is 0 Å². The second-order valence-electron chi connectivity index (χ2n) is 8.76. The number of halogens is 1. The molecule has 0 N–H and O–H groups in total. The van der Waals surface area contributed by atoms with Crippen LogP contribution in [0.25, 0.3) is 6.08 Å². The molecule has 0 radical (unpaired) electrons. The molecule has 7 heteroatoms. The summed E-state index contributed by atoms with van der Waals surface area (Å²) in [5.74, 6) is -0.953. The summed E-state index contributed by atoms with van der Waals surface area (Å²) in [5, 5.41) is 0.332. The number of hydrogen-bond donors (Lipinski definition) is 0. The van der Waals surface area contributed by atoms with Gasteiger partial charge in [0.15, 0.2) is 0 Å². The van der Waals surface area contributed by atoms with Gasteiger partial charge < -0.3 is 4.74 Å². The number of para-hydroxylation sites is 2. The predicted octanol–water partition coefficient (Wildman–Crippen LogP) is 6.81. The topological polar surface area (TPSA) is 66.9 Å². The maximum atomic E-state index is 13.5. The summed E-state index contributed by atoms with van der Waals surface area (Å²) in [4.78, 5) is 42.4. The summed E-state index contributed by atoms with van der Waals surface area (Å²) in [5.41, 5.74) is 3.24. The predicted molar refractivity (Wildman–Crippen MR) is 148 cm³/mol. The van der Waals surface area contributed by atoms with E-state index in [2.05, 4.69) is 0 Å². The first-order valence-corrected chi connectivity index (χ1v) is 12.3. The van der Waals surface area contributed by atoms with Gasteiger partial charge in [-0.05, 0) is 60.5 Å². The maximum Gasteiger partial charge on any atom is 0.343 e. The molecule has 0 spiro atoms. The van der Waals surface area contributed by atoms with E-state index in [1.54, 1.807) is 78.9 Å². The molecule has 0 aliphatic carbocycles. The van der Waals surface area contributed by atoms with Crippen molar-refractivity contribution in [3.8, 4) is 5.75 Å². The molecule has 0 saturated carbocycles. The van der Waals surface area contributed by atoms with Crippen LogP contribution >= 0.6 is 11.6 Å². The average Bonchev–Trinajstić information content (AvgIpc) is 2.93. The third kappa shape index (κ3) is 5.08. The first-order chi connectivity index (χ1) is 18.4. The first-order valence-electron chi connectivity index (χ1n) is 11.9. The molecule has 0 atom stereocenters.